The van der Waals surface area contributed by atoms with E-state index in [4.69, 9.17) is 9.15 Å². The number of Topliss-reactive ketones (excluding diaryl/α,β-unsaturated/α-hetero) is 1. The predicted octanol–water partition coefficient (Wildman–Crippen LogP) is 3.52. The number of amides is 1. The highest BCUT2D eigenvalue weighted by Crippen LogP contribution is 2.21. The Bertz CT molecular complexity index is 948. The predicted molar refractivity (Wildman–Crippen MR) is 99.7 cm³/mol. The van der Waals surface area contributed by atoms with Gasteiger partial charge in [0.1, 0.15) is 5.75 Å². The number of carbonyl (C=O) groups is 2. The summed E-state index contributed by atoms with van der Waals surface area (Å²) >= 11 is 0. The van der Waals surface area contributed by atoms with Crippen molar-refractivity contribution in [2.24, 2.45) is 0 Å². The van der Waals surface area contributed by atoms with E-state index in [1.807, 2.05) is 24.3 Å². The molecule has 3 aromatic rings. The quantitative estimate of drug-likeness (QED) is 0.644. The van der Waals surface area contributed by atoms with Crippen LogP contribution in [0.5, 0.6) is 5.75 Å². The van der Waals surface area contributed by atoms with E-state index in [9.17, 15) is 9.59 Å². The molecule has 0 atom stereocenters. The van der Waals surface area contributed by atoms with Gasteiger partial charge in [0, 0.05) is 29.7 Å². The van der Waals surface area contributed by atoms with Crippen molar-refractivity contribution in [3.8, 4) is 17.2 Å². The second-order valence-electron chi connectivity index (χ2n) is 5.91. The zero-order valence-corrected chi connectivity index (χ0v) is 15.1. The summed E-state index contributed by atoms with van der Waals surface area (Å²) in [4.78, 5) is 23.5. The number of anilines is 1. The molecule has 27 heavy (non-hydrogen) atoms. The lowest BCUT2D eigenvalue weighted by molar-refractivity contribution is -0.116. The number of ether oxygens (including phenoxy) is 1. The van der Waals surface area contributed by atoms with Crippen molar-refractivity contribution in [1.82, 2.24) is 10.2 Å². The average molecular weight is 365 g/mol. The first-order valence-electron chi connectivity index (χ1n) is 8.43. The second-order valence-corrected chi connectivity index (χ2v) is 5.91. The van der Waals surface area contributed by atoms with Crippen molar-refractivity contribution < 1.29 is 18.7 Å². The van der Waals surface area contributed by atoms with E-state index in [2.05, 4.69) is 15.5 Å². The smallest absolute Gasteiger partial charge is 0.247 e. The number of methoxy groups -OCH3 is 1. The fraction of sp³-hybridized carbons (Fsp3) is 0.200. The maximum atomic E-state index is 12.1. The molecule has 1 heterocycles. The summed E-state index contributed by atoms with van der Waals surface area (Å²) in [5.41, 5.74) is 1.91. The Balaban J connectivity index is 1.57. The highest BCUT2D eigenvalue weighted by molar-refractivity contribution is 5.97. The summed E-state index contributed by atoms with van der Waals surface area (Å²) in [6.07, 6.45) is 0.510. The normalized spacial score (nSPS) is 10.4. The first kappa shape index (κ1) is 18.3. The van der Waals surface area contributed by atoms with E-state index >= 15 is 0 Å². The Kier molecular flexibility index (Phi) is 5.61. The van der Waals surface area contributed by atoms with Crippen molar-refractivity contribution >= 4 is 17.4 Å². The highest BCUT2D eigenvalue weighted by atomic mass is 16.5. The molecule has 0 fully saturated rings. The maximum Gasteiger partial charge on any atom is 0.247 e. The molecule has 0 unspecified atom stereocenters. The highest BCUT2D eigenvalue weighted by Gasteiger charge is 2.11. The first-order chi connectivity index (χ1) is 13.0. The molecule has 1 amide bonds. The molecule has 7 nitrogen and oxygen atoms in total. The van der Waals surface area contributed by atoms with Gasteiger partial charge in [0.15, 0.2) is 5.78 Å². The van der Waals surface area contributed by atoms with Crippen LogP contribution in [-0.2, 0) is 11.2 Å². The van der Waals surface area contributed by atoms with Crippen LogP contribution < -0.4 is 10.1 Å². The van der Waals surface area contributed by atoms with Gasteiger partial charge >= 0.3 is 0 Å². The molecule has 0 aliphatic heterocycles. The van der Waals surface area contributed by atoms with Crippen LogP contribution in [-0.4, -0.2) is 29.0 Å². The Labute approximate surface area is 156 Å². The van der Waals surface area contributed by atoms with Crippen molar-refractivity contribution in [3.63, 3.8) is 0 Å². The Morgan fingerprint density at radius 3 is 2.59 bits per heavy atom. The Hall–Kier alpha value is -3.48. The number of hydrogen-bond acceptors (Lipinski definition) is 6. The molecular weight excluding hydrogens is 346 g/mol. The maximum absolute atomic E-state index is 12.1. The zero-order chi connectivity index (χ0) is 19.2. The largest absolute Gasteiger partial charge is 0.497 e. The summed E-state index contributed by atoms with van der Waals surface area (Å²) < 4.78 is 10.7. The zero-order valence-electron chi connectivity index (χ0n) is 15.1. The Morgan fingerprint density at radius 2 is 1.89 bits per heavy atom. The van der Waals surface area contributed by atoms with Gasteiger partial charge in [-0.3, -0.25) is 9.59 Å². The number of benzene rings is 2. The second kappa shape index (κ2) is 8.27. The molecular formula is C20H19N3O4. The number of nitrogens with zero attached hydrogens (tertiary/aromatic N) is 2. The van der Waals surface area contributed by atoms with Crippen LogP contribution in [0.15, 0.2) is 52.9 Å². The molecule has 1 N–H and O–H groups in total. The van der Waals surface area contributed by atoms with Crippen molar-refractivity contribution in [1.29, 1.82) is 0 Å². The lowest BCUT2D eigenvalue weighted by Crippen LogP contribution is -2.12. The number of ketones is 1. The molecule has 0 spiro atoms. The number of hydrogen-bond donors (Lipinski definition) is 1. The average Bonchev–Trinajstić information content (AvgIpc) is 3.16. The van der Waals surface area contributed by atoms with Crippen LogP contribution in [0.1, 0.15) is 29.6 Å². The molecule has 0 aliphatic rings. The van der Waals surface area contributed by atoms with Crippen molar-refractivity contribution in [2.45, 2.75) is 19.8 Å². The number of nitrogens with one attached hydrogen (secondary N) is 1. The number of aryl methyl sites for hydroxylation is 1. The van der Waals surface area contributed by atoms with Gasteiger partial charge in [-0.05, 0) is 43.3 Å². The molecule has 1 aromatic heterocycles. The van der Waals surface area contributed by atoms with Crippen LogP contribution in [0.25, 0.3) is 11.5 Å². The van der Waals surface area contributed by atoms with Gasteiger partial charge in [0.25, 0.3) is 0 Å². The summed E-state index contributed by atoms with van der Waals surface area (Å²) in [6.45, 7) is 1.48. The van der Waals surface area contributed by atoms with Gasteiger partial charge in [0.2, 0.25) is 17.7 Å². The molecule has 0 saturated carbocycles. The van der Waals surface area contributed by atoms with Crippen LogP contribution >= 0.6 is 0 Å². The van der Waals surface area contributed by atoms with Crippen molar-refractivity contribution in [2.75, 3.05) is 12.4 Å². The number of aromatic nitrogens is 2. The van der Waals surface area contributed by atoms with Gasteiger partial charge in [-0.15, -0.1) is 10.2 Å². The standard InChI is InChI=1S/C20H19N3O4/c1-13(24)15-4-3-5-16(12-15)21-18(25)10-11-19-22-23-20(27-19)14-6-8-17(26-2)9-7-14/h3-9,12H,10-11H2,1-2H3,(H,21,25). The van der Waals surface area contributed by atoms with E-state index in [1.165, 1.54) is 6.92 Å². The van der Waals surface area contributed by atoms with E-state index in [1.54, 1.807) is 31.4 Å². The van der Waals surface area contributed by atoms with E-state index < -0.39 is 0 Å². The number of rotatable bonds is 7. The van der Waals surface area contributed by atoms with Gasteiger partial charge in [-0.2, -0.15) is 0 Å². The van der Waals surface area contributed by atoms with Gasteiger partial charge in [-0.1, -0.05) is 12.1 Å². The number of carbonyl (C=O) groups excluding carboxylic acids is 2. The third-order valence-corrected chi connectivity index (χ3v) is 3.92. The first-order valence-corrected chi connectivity index (χ1v) is 8.43. The fourth-order valence-electron chi connectivity index (χ4n) is 2.46. The molecule has 0 saturated heterocycles. The minimum atomic E-state index is -0.195. The van der Waals surface area contributed by atoms with Gasteiger partial charge in [-0.25, -0.2) is 0 Å². The molecule has 3 rings (SSSR count). The SMILES string of the molecule is COc1ccc(-c2nnc(CCC(=O)Nc3cccc(C(C)=O)c3)o2)cc1. The summed E-state index contributed by atoms with van der Waals surface area (Å²) in [5.74, 6) is 1.27. The molecule has 0 radical (unpaired) electrons. The van der Waals surface area contributed by atoms with Gasteiger partial charge in [0.05, 0.1) is 7.11 Å². The molecule has 0 bridgehead atoms. The van der Waals surface area contributed by atoms with Crippen LogP contribution in [0.3, 0.4) is 0 Å². The van der Waals surface area contributed by atoms with Gasteiger partial charge < -0.3 is 14.5 Å². The molecule has 2 aromatic carbocycles. The minimum Gasteiger partial charge on any atom is -0.497 e. The molecule has 138 valence electrons. The monoisotopic (exact) mass is 365 g/mol. The van der Waals surface area contributed by atoms with E-state index in [-0.39, 0.29) is 18.1 Å². The van der Waals surface area contributed by atoms with Crippen molar-refractivity contribution in [3.05, 3.63) is 60.0 Å². The van der Waals surface area contributed by atoms with Crippen LogP contribution in [0, 0.1) is 0 Å². The van der Waals surface area contributed by atoms with E-state index in [0.29, 0.717) is 29.5 Å². The molecule has 7 heteroatoms. The third-order valence-electron chi connectivity index (χ3n) is 3.92. The summed E-state index contributed by atoms with van der Waals surface area (Å²) in [6, 6.07) is 14.1. The van der Waals surface area contributed by atoms with Crippen LogP contribution in [0.2, 0.25) is 0 Å². The summed E-state index contributed by atoms with van der Waals surface area (Å²) in [5, 5.41) is 10.8. The lowest BCUT2D eigenvalue weighted by Gasteiger charge is -2.05. The Morgan fingerprint density at radius 1 is 1.11 bits per heavy atom. The summed E-state index contributed by atoms with van der Waals surface area (Å²) in [7, 11) is 1.60. The van der Waals surface area contributed by atoms with E-state index in [0.717, 1.165) is 11.3 Å². The minimum absolute atomic E-state index is 0.0528. The fourth-order valence-corrected chi connectivity index (χ4v) is 2.46. The van der Waals surface area contributed by atoms with Crippen LogP contribution in [0.4, 0.5) is 5.69 Å². The topological polar surface area (TPSA) is 94.3 Å². The third kappa shape index (κ3) is 4.78. The molecule has 0 aliphatic carbocycles. The lowest BCUT2D eigenvalue weighted by atomic mass is 10.1.